The highest BCUT2D eigenvalue weighted by Crippen LogP contribution is 2.28. The number of hydrogen-bond donors (Lipinski definition) is 1. The highest BCUT2D eigenvalue weighted by atomic mass is 32.2. The third kappa shape index (κ3) is 5.49. The maximum Gasteiger partial charge on any atom is 0.398 e. The Morgan fingerprint density at radius 3 is 2.68 bits per heavy atom. The van der Waals surface area contributed by atoms with Gasteiger partial charge in [-0.2, -0.15) is 13.2 Å². The molecule has 1 aromatic heterocycles. The second-order valence-electron chi connectivity index (χ2n) is 4.79. The summed E-state index contributed by atoms with van der Waals surface area (Å²) in [5.41, 5.74) is 0.557. The third-order valence-electron chi connectivity index (χ3n) is 2.93. The summed E-state index contributed by atoms with van der Waals surface area (Å²) >= 11 is 0.433. The van der Waals surface area contributed by atoms with Gasteiger partial charge in [0, 0.05) is 11.9 Å². The molecule has 1 amide bonds. The minimum Gasteiger partial charge on any atom is -0.465 e. The molecule has 0 spiro atoms. The number of benzene rings is 1. The van der Waals surface area contributed by atoms with Gasteiger partial charge in [-0.05, 0) is 30.3 Å². The van der Waals surface area contributed by atoms with E-state index < -0.39 is 23.8 Å². The van der Waals surface area contributed by atoms with Crippen molar-refractivity contribution in [1.29, 1.82) is 0 Å². The van der Waals surface area contributed by atoms with Gasteiger partial charge in [-0.25, -0.2) is 9.78 Å². The highest BCUT2D eigenvalue weighted by Gasteiger charge is 2.28. The van der Waals surface area contributed by atoms with Gasteiger partial charge in [0.15, 0.2) is 0 Å². The monoisotopic (exact) mass is 370 g/mol. The summed E-state index contributed by atoms with van der Waals surface area (Å²) < 4.78 is 41.7. The Morgan fingerprint density at radius 2 is 2.00 bits per heavy atom. The van der Waals surface area contributed by atoms with Gasteiger partial charge in [0.1, 0.15) is 5.03 Å². The fraction of sp³-hybridized carbons (Fsp3) is 0.188. The summed E-state index contributed by atoms with van der Waals surface area (Å²) in [5, 5.41) is 2.51. The molecule has 0 bridgehead atoms. The van der Waals surface area contributed by atoms with Crippen LogP contribution in [0.25, 0.3) is 0 Å². The van der Waals surface area contributed by atoms with Crippen LogP contribution < -0.4 is 5.32 Å². The van der Waals surface area contributed by atoms with Crippen LogP contribution in [0.2, 0.25) is 0 Å². The molecule has 0 unspecified atom stereocenters. The number of nitrogens with one attached hydrogen (secondary N) is 1. The van der Waals surface area contributed by atoms with Crippen molar-refractivity contribution in [2.45, 2.75) is 11.2 Å². The summed E-state index contributed by atoms with van der Waals surface area (Å²) in [6.07, 6.45) is -3.06. The summed E-state index contributed by atoms with van der Waals surface area (Å²) in [6.45, 7) is 0. The summed E-state index contributed by atoms with van der Waals surface area (Å²) in [6, 6.07) is 8.84. The summed E-state index contributed by atoms with van der Waals surface area (Å²) in [4.78, 5) is 27.7. The molecule has 0 aliphatic carbocycles. The molecular formula is C16H13F3N2O3S. The van der Waals surface area contributed by atoms with E-state index >= 15 is 0 Å². The van der Waals surface area contributed by atoms with Crippen molar-refractivity contribution >= 4 is 29.3 Å². The first-order valence-corrected chi connectivity index (χ1v) is 7.93. The van der Waals surface area contributed by atoms with Gasteiger partial charge in [0.25, 0.3) is 5.91 Å². The van der Waals surface area contributed by atoms with Crippen molar-refractivity contribution in [2.24, 2.45) is 0 Å². The molecule has 0 saturated carbocycles. The van der Waals surface area contributed by atoms with Gasteiger partial charge in [-0.15, -0.1) is 0 Å². The zero-order chi connectivity index (χ0) is 18.4. The molecule has 1 N–H and O–H groups in total. The van der Waals surface area contributed by atoms with Gasteiger partial charge in [-0.1, -0.05) is 17.8 Å². The number of esters is 1. The van der Waals surface area contributed by atoms with E-state index in [0.29, 0.717) is 17.4 Å². The molecule has 9 heteroatoms. The molecule has 0 aliphatic rings. The molecule has 25 heavy (non-hydrogen) atoms. The van der Waals surface area contributed by atoms with E-state index in [1.54, 1.807) is 12.1 Å². The van der Waals surface area contributed by atoms with E-state index in [0.717, 1.165) is 0 Å². The number of rotatable bonds is 5. The largest absolute Gasteiger partial charge is 0.465 e. The molecule has 0 fully saturated rings. The van der Waals surface area contributed by atoms with Crippen molar-refractivity contribution in [3.63, 3.8) is 0 Å². The summed E-state index contributed by atoms with van der Waals surface area (Å²) in [7, 11) is 1.23. The minimum absolute atomic E-state index is 0.0141. The fourth-order valence-corrected chi connectivity index (χ4v) is 2.62. The number of alkyl halides is 3. The van der Waals surface area contributed by atoms with Gasteiger partial charge < -0.3 is 10.1 Å². The first-order valence-electron chi connectivity index (χ1n) is 6.94. The molecule has 0 atom stereocenters. The van der Waals surface area contributed by atoms with Crippen LogP contribution in [0.15, 0.2) is 47.6 Å². The molecular weight excluding hydrogens is 357 g/mol. The van der Waals surface area contributed by atoms with Crippen LogP contribution in [-0.2, 0) is 4.74 Å². The van der Waals surface area contributed by atoms with E-state index in [2.05, 4.69) is 15.0 Å². The quantitative estimate of drug-likeness (QED) is 0.641. The lowest BCUT2D eigenvalue weighted by Gasteiger charge is -2.11. The van der Waals surface area contributed by atoms with E-state index in [-0.39, 0.29) is 16.2 Å². The van der Waals surface area contributed by atoms with Crippen LogP contribution in [0.5, 0.6) is 0 Å². The van der Waals surface area contributed by atoms with Crippen LogP contribution in [0.4, 0.5) is 18.9 Å². The maximum absolute atomic E-state index is 12.4. The number of halogens is 3. The van der Waals surface area contributed by atoms with Crippen molar-refractivity contribution in [2.75, 3.05) is 18.2 Å². The molecule has 0 aliphatic heterocycles. The Hall–Kier alpha value is -2.55. The first-order chi connectivity index (χ1) is 11.8. The van der Waals surface area contributed by atoms with E-state index in [9.17, 15) is 22.8 Å². The predicted molar refractivity (Wildman–Crippen MR) is 86.8 cm³/mol. The number of amides is 1. The van der Waals surface area contributed by atoms with Crippen molar-refractivity contribution in [1.82, 2.24) is 4.98 Å². The van der Waals surface area contributed by atoms with Crippen LogP contribution >= 0.6 is 11.8 Å². The predicted octanol–water partition coefficient (Wildman–Crippen LogP) is 3.77. The van der Waals surface area contributed by atoms with Crippen LogP contribution in [0.3, 0.4) is 0 Å². The van der Waals surface area contributed by atoms with Crippen molar-refractivity contribution in [3.05, 3.63) is 53.7 Å². The Labute approximate surface area is 145 Å². The number of thioether (sulfide) groups is 1. The van der Waals surface area contributed by atoms with Crippen LogP contribution in [-0.4, -0.2) is 35.9 Å². The molecule has 2 rings (SSSR count). The van der Waals surface area contributed by atoms with Crippen molar-refractivity contribution < 1.29 is 27.5 Å². The van der Waals surface area contributed by atoms with Gasteiger partial charge >= 0.3 is 12.1 Å². The van der Waals surface area contributed by atoms with E-state index in [4.69, 9.17) is 0 Å². The van der Waals surface area contributed by atoms with Crippen molar-refractivity contribution in [3.8, 4) is 0 Å². The van der Waals surface area contributed by atoms with Gasteiger partial charge in [-0.3, -0.25) is 4.79 Å². The standard InChI is InChI=1S/C16H13F3N2O3S/c1-24-15(23)10-4-2-5-11(8-10)21-13(22)12-6-3-7-20-14(12)25-9-16(17,18)19/h2-8H,9H2,1H3,(H,21,22). The molecule has 0 saturated heterocycles. The number of aromatic nitrogens is 1. The average molecular weight is 370 g/mol. The second-order valence-corrected chi connectivity index (χ2v) is 5.75. The number of carbonyl (C=O) groups excluding carboxylic acids is 2. The Morgan fingerprint density at radius 1 is 1.24 bits per heavy atom. The number of anilines is 1. The SMILES string of the molecule is COC(=O)c1cccc(NC(=O)c2cccnc2SCC(F)(F)F)c1. The highest BCUT2D eigenvalue weighted by molar-refractivity contribution is 7.99. The Kier molecular flexibility index (Phi) is 6.02. The lowest BCUT2D eigenvalue weighted by Crippen LogP contribution is -2.16. The van der Waals surface area contributed by atoms with E-state index in [1.807, 2.05) is 0 Å². The first kappa shape index (κ1) is 18.8. The maximum atomic E-state index is 12.4. The molecule has 1 heterocycles. The fourth-order valence-electron chi connectivity index (χ4n) is 1.87. The third-order valence-corrected chi connectivity index (χ3v) is 4.00. The topological polar surface area (TPSA) is 68.3 Å². The van der Waals surface area contributed by atoms with Gasteiger partial charge in [0.2, 0.25) is 0 Å². The molecule has 0 radical (unpaired) electrons. The number of ether oxygens (including phenoxy) is 1. The minimum atomic E-state index is -4.37. The van der Waals surface area contributed by atoms with E-state index in [1.165, 1.54) is 37.6 Å². The Bertz CT molecular complexity index is 781. The van der Waals surface area contributed by atoms with Crippen LogP contribution in [0, 0.1) is 0 Å². The lowest BCUT2D eigenvalue weighted by atomic mass is 10.2. The molecule has 1 aromatic carbocycles. The zero-order valence-corrected chi connectivity index (χ0v) is 13.8. The molecule has 132 valence electrons. The average Bonchev–Trinajstić information content (AvgIpc) is 2.59. The number of pyridine rings is 1. The number of carbonyl (C=O) groups is 2. The molecule has 2 aromatic rings. The molecule has 5 nitrogen and oxygen atoms in total. The Balaban J connectivity index is 2.17. The van der Waals surface area contributed by atoms with Crippen LogP contribution in [0.1, 0.15) is 20.7 Å². The number of hydrogen-bond acceptors (Lipinski definition) is 5. The number of nitrogens with zero attached hydrogens (tertiary/aromatic N) is 1. The lowest BCUT2D eigenvalue weighted by molar-refractivity contribution is -0.105. The second kappa shape index (κ2) is 8.02. The smallest absolute Gasteiger partial charge is 0.398 e. The number of methoxy groups -OCH3 is 1. The normalized spacial score (nSPS) is 11.0. The zero-order valence-electron chi connectivity index (χ0n) is 13.0. The summed E-state index contributed by atoms with van der Waals surface area (Å²) in [5.74, 6) is -2.35. The van der Waals surface area contributed by atoms with Gasteiger partial charge in [0.05, 0.1) is 24.0 Å².